The summed E-state index contributed by atoms with van der Waals surface area (Å²) in [6, 6.07) is 2.09. The summed E-state index contributed by atoms with van der Waals surface area (Å²) >= 11 is 7.60. The Morgan fingerprint density at radius 1 is 1.64 bits per heavy atom. The lowest BCUT2D eigenvalue weighted by Crippen LogP contribution is -2.07. The van der Waals surface area contributed by atoms with Gasteiger partial charge in [-0.25, -0.2) is 0 Å². The molecule has 1 aliphatic rings. The Kier molecular flexibility index (Phi) is 2.16. The maximum atomic E-state index is 5.83. The van der Waals surface area contributed by atoms with Crippen LogP contribution < -0.4 is 5.32 Å². The molecule has 2 heterocycles. The molecular formula is C8H10ClNS. The van der Waals surface area contributed by atoms with E-state index in [4.69, 9.17) is 11.6 Å². The van der Waals surface area contributed by atoms with Gasteiger partial charge in [-0.05, 0) is 19.0 Å². The Hall–Kier alpha value is -0.0500. The van der Waals surface area contributed by atoms with Gasteiger partial charge in [0.2, 0.25) is 0 Å². The van der Waals surface area contributed by atoms with Crippen molar-refractivity contribution in [1.82, 2.24) is 5.32 Å². The van der Waals surface area contributed by atoms with Gasteiger partial charge in [0.1, 0.15) is 0 Å². The third-order valence-electron chi connectivity index (χ3n) is 2.05. The van der Waals surface area contributed by atoms with E-state index in [1.807, 2.05) is 5.38 Å². The van der Waals surface area contributed by atoms with Gasteiger partial charge in [-0.15, -0.1) is 11.3 Å². The van der Waals surface area contributed by atoms with Gasteiger partial charge in [-0.3, -0.25) is 0 Å². The lowest BCUT2D eigenvalue weighted by atomic mass is 10.1. The van der Waals surface area contributed by atoms with E-state index in [9.17, 15) is 0 Å². The molecular weight excluding hydrogens is 178 g/mol. The SMILES string of the molecule is Clc1csc(C2CCNC2)c1. The number of hydrogen-bond donors (Lipinski definition) is 1. The van der Waals surface area contributed by atoms with Gasteiger partial charge in [0.25, 0.3) is 0 Å². The van der Waals surface area contributed by atoms with E-state index in [2.05, 4.69) is 11.4 Å². The van der Waals surface area contributed by atoms with Gasteiger partial charge in [0.05, 0.1) is 5.02 Å². The summed E-state index contributed by atoms with van der Waals surface area (Å²) in [6.45, 7) is 2.27. The first kappa shape index (κ1) is 7.59. The highest BCUT2D eigenvalue weighted by Crippen LogP contribution is 2.29. The highest BCUT2D eigenvalue weighted by Gasteiger charge is 2.17. The molecule has 0 amide bonds. The fourth-order valence-electron chi connectivity index (χ4n) is 1.44. The molecule has 0 radical (unpaired) electrons. The molecule has 1 N–H and O–H groups in total. The van der Waals surface area contributed by atoms with Crippen LogP contribution in [-0.4, -0.2) is 13.1 Å². The fraction of sp³-hybridized carbons (Fsp3) is 0.500. The monoisotopic (exact) mass is 187 g/mol. The number of hydrogen-bond acceptors (Lipinski definition) is 2. The zero-order valence-electron chi connectivity index (χ0n) is 6.14. The summed E-state index contributed by atoms with van der Waals surface area (Å²) < 4.78 is 0. The number of rotatable bonds is 1. The minimum Gasteiger partial charge on any atom is -0.316 e. The molecule has 0 aromatic carbocycles. The third-order valence-corrected chi connectivity index (χ3v) is 3.49. The quantitative estimate of drug-likeness (QED) is 0.713. The molecule has 0 saturated carbocycles. The van der Waals surface area contributed by atoms with Crippen LogP contribution in [0.1, 0.15) is 17.2 Å². The molecule has 1 saturated heterocycles. The Morgan fingerprint density at radius 2 is 2.55 bits per heavy atom. The first-order valence-corrected chi connectivity index (χ1v) is 5.06. The number of nitrogens with one attached hydrogen (secondary N) is 1. The Bertz CT molecular complexity index is 240. The normalized spacial score (nSPS) is 24.3. The van der Waals surface area contributed by atoms with Crippen LogP contribution in [0, 0.1) is 0 Å². The average Bonchev–Trinajstić information content (AvgIpc) is 2.55. The second kappa shape index (κ2) is 3.13. The molecule has 2 rings (SSSR count). The standard InChI is InChI=1S/C8H10ClNS/c9-7-3-8(11-5-7)6-1-2-10-4-6/h3,5-6,10H,1-2,4H2. The maximum absolute atomic E-state index is 5.83. The van der Waals surface area contributed by atoms with E-state index in [1.165, 1.54) is 11.3 Å². The van der Waals surface area contributed by atoms with Crippen LogP contribution in [-0.2, 0) is 0 Å². The lowest BCUT2D eigenvalue weighted by molar-refractivity contribution is 0.779. The highest BCUT2D eigenvalue weighted by atomic mass is 35.5. The van der Waals surface area contributed by atoms with Crippen molar-refractivity contribution in [3.8, 4) is 0 Å². The molecule has 1 fully saturated rings. The van der Waals surface area contributed by atoms with E-state index in [1.54, 1.807) is 11.3 Å². The zero-order valence-corrected chi connectivity index (χ0v) is 7.71. The minimum absolute atomic E-state index is 0.715. The first-order chi connectivity index (χ1) is 5.36. The van der Waals surface area contributed by atoms with E-state index in [0.717, 1.165) is 18.1 Å². The average molecular weight is 188 g/mol. The second-order valence-corrected chi connectivity index (χ2v) is 4.24. The molecule has 1 aliphatic heterocycles. The fourth-order valence-corrected chi connectivity index (χ4v) is 2.66. The molecule has 11 heavy (non-hydrogen) atoms. The number of halogens is 1. The maximum Gasteiger partial charge on any atom is 0.0515 e. The molecule has 1 aromatic heterocycles. The van der Waals surface area contributed by atoms with Gasteiger partial charge in [0.15, 0.2) is 0 Å². The Labute approximate surface area is 75.4 Å². The molecule has 1 nitrogen and oxygen atoms in total. The van der Waals surface area contributed by atoms with E-state index in [0.29, 0.717) is 5.92 Å². The summed E-state index contributed by atoms with van der Waals surface area (Å²) in [6.07, 6.45) is 1.26. The lowest BCUT2D eigenvalue weighted by Gasteiger charge is -2.02. The van der Waals surface area contributed by atoms with Crippen LogP contribution in [0.25, 0.3) is 0 Å². The topological polar surface area (TPSA) is 12.0 Å². The summed E-state index contributed by atoms with van der Waals surface area (Å²) in [5.41, 5.74) is 0. The van der Waals surface area contributed by atoms with Crippen LogP contribution in [0.5, 0.6) is 0 Å². The summed E-state index contributed by atoms with van der Waals surface area (Å²) in [4.78, 5) is 1.43. The van der Waals surface area contributed by atoms with Crippen LogP contribution in [0.15, 0.2) is 11.4 Å². The van der Waals surface area contributed by atoms with Gasteiger partial charge in [0, 0.05) is 22.7 Å². The van der Waals surface area contributed by atoms with Crippen molar-refractivity contribution >= 4 is 22.9 Å². The zero-order chi connectivity index (χ0) is 7.68. The molecule has 1 aromatic rings. The highest BCUT2D eigenvalue weighted by molar-refractivity contribution is 7.10. The van der Waals surface area contributed by atoms with E-state index >= 15 is 0 Å². The number of thiophene rings is 1. The molecule has 1 unspecified atom stereocenters. The van der Waals surface area contributed by atoms with E-state index in [-0.39, 0.29) is 0 Å². The smallest absolute Gasteiger partial charge is 0.0515 e. The molecule has 0 aliphatic carbocycles. The summed E-state index contributed by atoms with van der Waals surface area (Å²) in [5.74, 6) is 0.715. The van der Waals surface area contributed by atoms with Crippen LogP contribution in [0.3, 0.4) is 0 Å². The predicted molar refractivity (Wildman–Crippen MR) is 49.6 cm³/mol. The Morgan fingerprint density at radius 3 is 3.09 bits per heavy atom. The minimum atomic E-state index is 0.715. The van der Waals surface area contributed by atoms with Crippen molar-refractivity contribution in [3.05, 3.63) is 21.3 Å². The van der Waals surface area contributed by atoms with Crippen LogP contribution >= 0.6 is 22.9 Å². The molecule has 1 atom stereocenters. The van der Waals surface area contributed by atoms with Crippen molar-refractivity contribution in [2.24, 2.45) is 0 Å². The van der Waals surface area contributed by atoms with Crippen molar-refractivity contribution in [2.45, 2.75) is 12.3 Å². The second-order valence-electron chi connectivity index (χ2n) is 2.86. The van der Waals surface area contributed by atoms with Crippen molar-refractivity contribution in [1.29, 1.82) is 0 Å². The van der Waals surface area contributed by atoms with Crippen molar-refractivity contribution in [2.75, 3.05) is 13.1 Å². The van der Waals surface area contributed by atoms with Crippen LogP contribution in [0.4, 0.5) is 0 Å². The third kappa shape index (κ3) is 1.58. The molecule has 0 bridgehead atoms. The summed E-state index contributed by atoms with van der Waals surface area (Å²) in [5, 5.41) is 6.24. The van der Waals surface area contributed by atoms with E-state index < -0.39 is 0 Å². The van der Waals surface area contributed by atoms with Crippen molar-refractivity contribution in [3.63, 3.8) is 0 Å². The molecule has 0 spiro atoms. The van der Waals surface area contributed by atoms with Crippen LogP contribution in [0.2, 0.25) is 5.02 Å². The largest absolute Gasteiger partial charge is 0.316 e. The van der Waals surface area contributed by atoms with Gasteiger partial charge in [-0.1, -0.05) is 11.6 Å². The van der Waals surface area contributed by atoms with Crippen molar-refractivity contribution < 1.29 is 0 Å². The summed E-state index contributed by atoms with van der Waals surface area (Å²) in [7, 11) is 0. The molecule has 3 heteroatoms. The van der Waals surface area contributed by atoms with Gasteiger partial charge in [-0.2, -0.15) is 0 Å². The Balaban J connectivity index is 2.15. The molecule has 60 valence electrons. The predicted octanol–water partition coefficient (Wildman–Crippen LogP) is 2.48. The van der Waals surface area contributed by atoms with Gasteiger partial charge < -0.3 is 5.32 Å². The first-order valence-electron chi connectivity index (χ1n) is 3.81. The van der Waals surface area contributed by atoms with Gasteiger partial charge >= 0.3 is 0 Å².